The van der Waals surface area contributed by atoms with Crippen molar-refractivity contribution in [2.75, 3.05) is 17.2 Å². The van der Waals surface area contributed by atoms with E-state index in [0.29, 0.717) is 11.4 Å². The molecular formula is C23H21FN2O3S. The maximum atomic E-state index is 13.7. The molecule has 0 fully saturated rings. The van der Waals surface area contributed by atoms with Crippen molar-refractivity contribution in [3.05, 3.63) is 84.7 Å². The second-order valence-corrected chi connectivity index (χ2v) is 7.82. The van der Waals surface area contributed by atoms with Crippen molar-refractivity contribution in [2.45, 2.75) is 17.1 Å². The summed E-state index contributed by atoms with van der Waals surface area (Å²) in [7, 11) is 0. The van der Waals surface area contributed by atoms with Crippen molar-refractivity contribution in [1.82, 2.24) is 0 Å². The predicted octanol–water partition coefficient (Wildman–Crippen LogP) is 4.96. The van der Waals surface area contributed by atoms with Crippen LogP contribution in [-0.4, -0.2) is 23.7 Å². The molecule has 5 nitrogen and oxygen atoms in total. The average molecular weight is 424 g/mol. The largest absolute Gasteiger partial charge is 0.484 e. The Hall–Kier alpha value is -3.32. The Labute approximate surface area is 178 Å². The lowest BCUT2D eigenvalue weighted by Crippen LogP contribution is -2.23. The summed E-state index contributed by atoms with van der Waals surface area (Å²) in [5.74, 6) is -0.459. The van der Waals surface area contributed by atoms with E-state index in [-0.39, 0.29) is 24.1 Å². The minimum Gasteiger partial charge on any atom is -0.484 e. The van der Waals surface area contributed by atoms with Crippen LogP contribution >= 0.6 is 11.8 Å². The van der Waals surface area contributed by atoms with Crippen LogP contribution in [0.5, 0.6) is 5.75 Å². The smallest absolute Gasteiger partial charge is 0.262 e. The molecule has 7 heteroatoms. The Balaban J connectivity index is 1.53. The van der Waals surface area contributed by atoms with Crippen LogP contribution in [0.3, 0.4) is 0 Å². The van der Waals surface area contributed by atoms with Crippen LogP contribution in [-0.2, 0) is 9.59 Å². The van der Waals surface area contributed by atoms with Crippen molar-refractivity contribution in [3.8, 4) is 5.75 Å². The molecular weight excluding hydrogens is 403 g/mol. The highest BCUT2D eigenvalue weighted by molar-refractivity contribution is 8.00. The van der Waals surface area contributed by atoms with Gasteiger partial charge in [-0.05, 0) is 49.4 Å². The lowest BCUT2D eigenvalue weighted by molar-refractivity contribution is -0.118. The van der Waals surface area contributed by atoms with Crippen LogP contribution in [0, 0.1) is 5.82 Å². The molecule has 1 unspecified atom stereocenters. The summed E-state index contributed by atoms with van der Waals surface area (Å²) in [5, 5.41) is 4.90. The highest BCUT2D eigenvalue weighted by Gasteiger charge is 2.16. The molecule has 0 aliphatic heterocycles. The number of rotatable bonds is 8. The topological polar surface area (TPSA) is 67.4 Å². The number of halogens is 1. The van der Waals surface area contributed by atoms with E-state index in [9.17, 15) is 14.0 Å². The Morgan fingerprint density at radius 1 is 0.967 bits per heavy atom. The first-order chi connectivity index (χ1) is 14.5. The fraction of sp³-hybridized carbons (Fsp3) is 0.130. The third kappa shape index (κ3) is 6.35. The van der Waals surface area contributed by atoms with Crippen LogP contribution in [0.15, 0.2) is 83.8 Å². The van der Waals surface area contributed by atoms with Gasteiger partial charge in [-0.3, -0.25) is 9.59 Å². The summed E-state index contributed by atoms with van der Waals surface area (Å²) in [6.45, 7) is 1.63. The van der Waals surface area contributed by atoms with Gasteiger partial charge in [0.1, 0.15) is 11.6 Å². The highest BCUT2D eigenvalue weighted by atomic mass is 32.2. The zero-order chi connectivity index (χ0) is 21.3. The number of nitrogens with one attached hydrogen (secondary N) is 2. The normalized spacial score (nSPS) is 11.4. The molecule has 0 aliphatic carbocycles. The van der Waals surface area contributed by atoms with Gasteiger partial charge in [0.2, 0.25) is 5.91 Å². The molecule has 0 saturated carbocycles. The van der Waals surface area contributed by atoms with Crippen LogP contribution in [0.2, 0.25) is 0 Å². The van der Waals surface area contributed by atoms with E-state index in [1.165, 1.54) is 23.9 Å². The van der Waals surface area contributed by atoms with Crippen molar-refractivity contribution in [2.24, 2.45) is 0 Å². The number of para-hydroxylation sites is 2. The number of hydrogen-bond acceptors (Lipinski definition) is 4. The number of anilines is 2. The minimum atomic E-state index is -0.481. The van der Waals surface area contributed by atoms with Crippen molar-refractivity contribution in [3.63, 3.8) is 0 Å². The minimum absolute atomic E-state index is 0.108. The molecule has 3 aromatic rings. The second-order valence-electron chi connectivity index (χ2n) is 6.41. The molecule has 0 bridgehead atoms. The van der Waals surface area contributed by atoms with Gasteiger partial charge in [-0.1, -0.05) is 36.4 Å². The fourth-order valence-electron chi connectivity index (χ4n) is 2.56. The van der Waals surface area contributed by atoms with Crippen LogP contribution < -0.4 is 15.4 Å². The van der Waals surface area contributed by atoms with Crippen LogP contribution in [0.25, 0.3) is 0 Å². The molecule has 1 atom stereocenters. The van der Waals surface area contributed by atoms with Gasteiger partial charge in [-0.2, -0.15) is 0 Å². The summed E-state index contributed by atoms with van der Waals surface area (Å²) in [6.07, 6.45) is 0. The van der Waals surface area contributed by atoms with Crippen LogP contribution in [0.4, 0.5) is 15.8 Å². The lowest BCUT2D eigenvalue weighted by Gasteiger charge is -2.13. The molecule has 0 radical (unpaired) electrons. The van der Waals surface area contributed by atoms with E-state index in [0.717, 1.165) is 4.90 Å². The van der Waals surface area contributed by atoms with E-state index < -0.39 is 11.1 Å². The maximum Gasteiger partial charge on any atom is 0.262 e. The summed E-state index contributed by atoms with van der Waals surface area (Å²) in [6, 6.07) is 22.3. The van der Waals surface area contributed by atoms with E-state index in [4.69, 9.17) is 4.74 Å². The molecule has 0 aromatic heterocycles. The van der Waals surface area contributed by atoms with Gasteiger partial charge in [-0.15, -0.1) is 11.8 Å². The number of ether oxygens (including phenoxy) is 1. The summed E-state index contributed by atoms with van der Waals surface area (Å²) >= 11 is 1.31. The highest BCUT2D eigenvalue weighted by Crippen LogP contribution is 2.27. The zero-order valence-electron chi connectivity index (χ0n) is 16.3. The number of benzene rings is 3. The first-order valence-electron chi connectivity index (χ1n) is 9.31. The molecule has 0 heterocycles. The monoisotopic (exact) mass is 424 g/mol. The van der Waals surface area contributed by atoms with Crippen molar-refractivity contribution in [1.29, 1.82) is 0 Å². The van der Waals surface area contributed by atoms with E-state index in [1.54, 1.807) is 49.4 Å². The summed E-state index contributed by atoms with van der Waals surface area (Å²) < 4.78 is 19.1. The molecule has 30 heavy (non-hydrogen) atoms. The Kier molecular flexibility index (Phi) is 7.45. The van der Waals surface area contributed by atoms with Crippen molar-refractivity contribution >= 4 is 35.0 Å². The van der Waals surface area contributed by atoms with Gasteiger partial charge >= 0.3 is 0 Å². The van der Waals surface area contributed by atoms with Crippen molar-refractivity contribution < 1.29 is 18.7 Å². The second kappa shape index (κ2) is 10.5. The number of amides is 2. The molecule has 0 aliphatic rings. The zero-order valence-corrected chi connectivity index (χ0v) is 17.1. The molecule has 0 saturated heterocycles. The number of carbonyl (C=O) groups is 2. The van der Waals surface area contributed by atoms with Gasteiger partial charge in [0.15, 0.2) is 6.61 Å². The molecule has 3 rings (SSSR count). The predicted molar refractivity (Wildman–Crippen MR) is 117 cm³/mol. The fourth-order valence-corrected chi connectivity index (χ4v) is 3.49. The van der Waals surface area contributed by atoms with Gasteiger partial charge in [0.05, 0.1) is 10.9 Å². The van der Waals surface area contributed by atoms with E-state index >= 15 is 0 Å². The van der Waals surface area contributed by atoms with E-state index in [2.05, 4.69) is 10.6 Å². The van der Waals surface area contributed by atoms with Gasteiger partial charge in [-0.25, -0.2) is 4.39 Å². The number of carbonyl (C=O) groups excluding carboxylic acids is 2. The third-order valence-electron chi connectivity index (χ3n) is 4.04. The quantitative estimate of drug-likeness (QED) is 0.502. The van der Waals surface area contributed by atoms with E-state index in [1.807, 2.05) is 24.3 Å². The summed E-state index contributed by atoms with van der Waals surface area (Å²) in [5.41, 5.74) is 0.748. The number of thioether (sulfide) groups is 1. The standard InChI is InChI=1S/C23H21FN2O3S/c1-16(23(28)26-21-13-6-5-12-20(21)24)30-19-11-7-8-17(14-19)25-22(27)15-29-18-9-3-2-4-10-18/h2-14,16H,15H2,1H3,(H,25,27)(H,26,28). The Morgan fingerprint density at radius 2 is 1.70 bits per heavy atom. The molecule has 154 valence electrons. The summed E-state index contributed by atoms with van der Waals surface area (Å²) in [4.78, 5) is 25.3. The number of hydrogen-bond donors (Lipinski definition) is 2. The molecule has 3 aromatic carbocycles. The first-order valence-corrected chi connectivity index (χ1v) is 10.2. The van der Waals surface area contributed by atoms with Gasteiger partial charge in [0, 0.05) is 10.6 Å². The molecule has 2 N–H and O–H groups in total. The van der Waals surface area contributed by atoms with Gasteiger partial charge < -0.3 is 15.4 Å². The van der Waals surface area contributed by atoms with Crippen LogP contribution in [0.1, 0.15) is 6.92 Å². The van der Waals surface area contributed by atoms with Gasteiger partial charge in [0.25, 0.3) is 5.91 Å². The molecule has 0 spiro atoms. The first kappa shape index (κ1) is 21.4. The Morgan fingerprint density at radius 3 is 2.47 bits per heavy atom. The maximum absolute atomic E-state index is 13.7. The SMILES string of the molecule is CC(Sc1cccc(NC(=O)COc2ccccc2)c1)C(=O)Nc1ccccc1F. The lowest BCUT2D eigenvalue weighted by atomic mass is 10.3. The Bertz CT molecular complexity index is 1010. The average Bonchev–Trinajstić information content (AvgIpc) is 2.75. The third-order valence-corrected chi connectivity index (χ3v) is 5.14. The molecule has 2 amide bonds.